The molecule has 0 spiro atoms. The van der Waals surface area contributed by atoms with Crippen LogP contribution < -0.4 is 5.32 Å². The lowest BCUT2D eigenvalue weighted by molar-refractivity contribution is 0.0939. The summed E-state index contributed by atoms with van der Waals surface area (Å²) in [5.74, 6) is 0.00715. The number of carbonyl (C=O) groups excluding carboxylic acids is 1. The Hall–Kier alpha value is -2.09. The molecule has 0 saturated heterocycles. The van der Waals surface area contributed by atoms with Crippen molar-refractivity contribution in [2.45, 2.75) is 52.5 Å². The van der Waals surface area contributed by atoms with Crippen molar-refractivity contribution in [2.75, 3.05) is 0 Å². The van der Waals surface area contributed by atoms with Gasteiger partial charge in [-0.05, 0) is 74.8 Å². The first-order valence-corrected chi connectivity index (χ1v) is 8.54. The molecule has 1 aliphatic carbocycles. The fourth-order valence-corrected chi connectivity index (χ4v) is 3.45. The van der Waals surface area contributed by atoms with E-state index in [4.69, 9.17) is 0 Å². The predicted octanol–water partition coefficient (Wildman–Crippen LogP) is 4.67. The molecule has 0 aliphatic heterocycles. The number of hydrogen-bond donors (Lipinski definition) is 1. The van der Waals surface area contributed by atoms with E-state index in [1.54, 1.807) is 0 Å². The summed E-state index contributed by atoms with van der Waals surface area (Å²) in [6, 6.07) is 12.7. The third kappa shape index (κ3) is 3.47. The number of benzene rings is 2. The first-order chi connectivity index (χ1) is 11.0. The highest BCUT2D eigenvalue weighted by molar-refractivity contribution is 5.95. The van der Waals surface area contributed by atoms with Gasteiger partial charge in [-0.15, -0.1) is 0 Å². The van der Waals surface area contributed by atoms with Crippen LogP contribution in [0, 0.1) is 13.8 Å². The smallest absolute Gasteiger partial charge is 0.252 e. The monoisotopic (exact) mass is 307 g/mol. The molecule has 0 bridgehead atoms. The summed E-state index contributed by atoms with van der Waals surface area (Å²) in [7, 11) is 0. The van der Waals surface area contributed by atoms with Gasteiger partial charge in [-0.3, -0.25) is 4.79 Å². The average Bonchev–Trinajstić information content (AvgIpc) is 2.54. The second kappa shape index (κ2) is 6.57. The fourth-order valence-electron chi connectivity index (χ4n) is 3.45. The van der Waals surface area contributed by atoms with Crippen LogP contribution >= 0.6 is 0 Å². The van der Waals surface area contributed by atoms with Crippen molar-refractivity contribution in [1.29, 1.82) is 0 Å². The van der Waals surface area contributed by atoms with Gasteiger partial charge >= 0.3 is 0 Å². The van der Waals surface area contributed by atoms with Crippen molar-refractivity contribution >= 4 is 5.91 Å². The average molecular weight is 307 g/mol. The number of hydrogen-bond acceptors (Lipinski definition) is 1. The summed E-state index contributed by atoms with van der Waals surface area (Å²) < 4.78 is 0. The first kappa shape index (κ1) is 15.8. The Morgan fingerprint density at radius 2 is 1.74 bits per heavy atom. The molecule has 1 aliphatic rings. The highest BCUT2D eigenvalue weighted by atomic mass is 16.1. The van der Waals surface area contributed by atoms with Crippen LogP contribution in [0.4, 0.5) is 0 Å². The number of nitrogens with one attached hydrogen (secondary N) is 1. The van der Waals surface area contributed by atoms with E-state index in [2.05, 4.69) is 36.5 Å². The summed E-state index contributed by atoms with van der Waals surface area (Å²) in [5, 5.41) is 3.14. The van der Waals surface area contributed by atoms with Gasteiger partial charge in [0.2, 0.25) is 0 Å². The number of rotatable bonds is 3. The molecule has 0 fully saturated rings. The Balaban J connectivity index is 1.76. The lowest BCUT2D eigenvalue weighted by Crippen LogP contribution is -2.27. The number of fused-ring (bicyclic) bond motifs is 1. The van der Waals surface area contributed by atoms with Gasteiger partial charge in [-0.25, -0.2) is 0 Å². The zero-order valence-corrected chi connectivity index (χ0v) is 14.3. The predicted molar refractivity (Wildman–Crippen MR) is 94.9 cm³/mol. The molecule has 2 aromatic carbocycles. The molecule has 0 saturated carbocycles. The van der Waals surface area contributed by atoms with Gasteiger partial charge in [0.15, 0.2) is 0 Å². The minimum atomic E-state index is 0.00715. The van der Waals surface area contributed by atoms with Crippen molar-refractivity contribution in [1.82, 2.24) is 5.32 Å². The maximum absolute atomic E-state index is 12.5. The molecule has 120 valence electrons. The fraction of sp³-hybridized carbons (Fsp3) is 0.381. The van der Waals surface area contributed by atoms with Crippen molar-refractivity contribution < 1.29 is 4.79 Å². The van der Waals surface area contributed by atoms with Gasteiger partial charge in [0.05, 0.1) is 6.04 Å². The zero-order valence-electron chi connectivity index (χ0n) is 14.3. The molecular formula is C21H25NO. The maximum Gasteiger partial charge on any atom is 0.252 e. The minimum Gasteiger partial charge on any atom is -0.346 e. The quantitative estimate of drug-likeness (QED) is 0.877. The molecule has 2 nitrogen and oxygen atoms in total. The maximum atomic E-state index is 12.5. The van der Waals surface area contributed by atoms with Crippen LogP contribution in [-0.4, -0.2) is 5.91 Å². The number of carbonyl (C=O) groups is 1. The normalized spacial score (nSPS) is 14.9. The van der Waals surface area contributed by atoms with E-state index < -0.39 is 0 Å². The van der Waals surface area contributed by atoms with E-state index >= 15 is 0 Å². The van der Waals surface area contributed by atoms with Crippen molar-refractivity contribution in [3.8, 4) is 0 Å². The topological polar surface area (TPSA) is 29.1 Å². The lowest BCUT2D eigenvalue weighted by Gasteiger charge is -2.20. The van der Waals surface area contributed by atoms with Crippen molar-refractivity contribution in [3.63, 3.8) is 0 Å². The summed E-state index contributed by atoms with van der Waals surface area (Å²) in [4.78, 5) is 12.5. The van der Waals surface area contributed by atoms with E-state index in [9.17, 15) is 4.79 Å². The summed E-state index contributed by atoms with van der Waals surface area (Å²) in [5.41, 5.74) is 7.11. The summed E-state index contributed by atoms with van der Waals surface area (Å²) >= 11 is 0. The van der Waals surface area contributed by atoms with Gasteiger partial charge in [0, 0.05) is 5.56 Å². The Kier molecular flexibility index (Phi) is 4.51. The van der Waals surface area contributed by atoms with Crippen LogP contribution in [-0.2, 0) is 12.8 Å². The van der Waals surface area contributed by atoms with Crippen LogP contribution in [0.1, 0.15) is 64.0 Å². The molecule has 2 heteroatoms. The molecule has 0 heterocycles. The van der Waals surface area contributed by atoms with Crippen LogP contribution in [0.25, 0.3) is 0 Å². The molecule has 1 amide bonds. The standard InChI is InChI=1S/C21H25NO/c1-14-8-11-20(15(2)12-14)21(23)22-16(3)18-10-9-17-6-4-5-7-19(17)13-18/h8-13,16H,4-7H2,1-3H3,(H,22,23)/t16-/m0/s1. The van der Waals surface area contributed by atoms with E-state index in [-0.39, 0.29) is 11.9 Å². The summed E-state index contributed by atoms with van der Waals surface area (Å²) in [6.07, 6.45) is 4.94. The molecule has 1 atom stereocenters. The van der Waals surface area contributed by atoms with Gasteiger partial charge in [0.1, 0.15) is 0 Å². The van der Waals surface area contributed by atoms with Crippen LogP contribution in [0.2, 0.25) is 0 Å². The molecular weight excluding hydrogens is 282 g/mol. The molecule has 23 heavy (non-hydrogen) atoms. The first-order valence-electron chi connectivity index (χ1n) is 8.54. The molecule has 3 rings (SSSR count). The minimum absolute atomic E-state index is 0.00715. The second-order valence-corrected chi connectivity index (χ2v) is 6.75. The molecule has 1 N–H and O–H groups in total. The zero-order chi connectivity index (χ0) is 16.4. The van der Waals surface area contributed by atoms with E-state index in [1.165, 1.54) is 47.9 Å². The number of amides is 1. The van der Waals surface area contributed by atoms with Gasteiger partial charge in [0.25, 0.3) is 5.91 Å². The molecule has 0 radical (unpaired) electrons. The van der Waals surface area contributed by atoms with Crippen LogP contribution in [0.15, 0.2) is 36.4 Å². The third-order valence-electron chi connectivity index (χ3n) is 4.85. The van der Waals surface area contributed by atoms with Crippen LogP contribution in [0.3, 0.4) is 0 Å². The Bertz CT molecular complexity index is 733. The number of aryl methyl sites for hydroxylation is 4. The third-order valence-corrected chi connectivity index (χ3v) is 4.85. The second-order valence-electron chi connectivity index (χ2n) is 6.75. The molecule has 0 unspecified atom stereocenters. The largest absolute Gasteiger partial charge is 0.346 e. The Morgan fingerprint density at radius 1 is 1.00 bits per heavy atom. The van der Waals surface area contributed by atoms with E-state index in [1.807, 2.05) is 26.0 Å². The van der Waals surface area contributed by atoms with Gasteiger partial charge in [-0.2, -0.15) is 0 Å². The summed E-state index contributed by atoms with van der Waals surface area (Å²) in [6.45, 7) is 6.10. The highest BCUT2D eigenvalue weighted by Crippen LogP contribution is 2.25. The lowest BCUT2D eigenvalue weighted by atomic mass is 9.89. The Labute approximate surface area is 138 Å². The van der Waals surface area contributed by atoms with E-state index in [0.29, 0.717) is 0 Å². The van der Waals surface area contributed by atoms with Crippen LogP contribution in [0.5, 0.6) is 0 Å². The highest BCUT2D eigenvalue weighted by Gasteiger charge is 2.16. The van der Waals surface area contributed by atoms with Crippen molar-refractivity contribution in [2.24, 2.45) is 0 Å². The van der Waals surface area contributed by atoms with Gasteiger partial charge in [-0.1, -0.05) is 35.9 Å². The van der Waals surface area contributed by atoms with Crippen molar-refractivity contribution in [3.05, 3.63) is 69.8 Å². The Morgan fingerprint density at radius 3 is 2.48 bits per heavy atom. The molecule has 2 aromatic rings. The van der Waals surface area contributed by atoms with Gasteiger partial charge < -0.3 is 5.32 Å². The molecule has 0 aromatic heterocycles. The van der Waals surface area contributed by atoms with E-state index in [0.717, 1.165) is 11.1 Å². The SMILES string of the molecule is Cc1ccc(C(=O)N[C@@H](C)c2ccc3c(c2)CCCC3)c(C)c1.